The van der Waals surface area contributed by atoms with E-state index < -0.39 is 11.9 Å². The van der Waals surface area contributed by atoms with E-state index >= 15 is 0 Å². The van der Waals surface area contributed by atoms with Crippen LogP contribution in [0, 0.1) is 0 Å². The van der Waals surface area contributed by atoms with E-state index in [2.05, 4.69) is 14.7 Å². The first kappa shape index (κ1) is 19.8. The molecule has 126 valence electrons. The van der Waals surface area contributed by atoms with Crippen LogP contribution in [-0.4, -0.2) is 34.1 Å². The van der Waals surface area contributed by atoms with E-state index in [1.165, 1.54) is 29.8 Å². The van der Waals surface area contributed by atoms with E-state index in [0.717, 1.165) is 16.2 Å². The monoisotopic (exact) mass is 396 g/mol. The molecule has 0 aliphatic heterocycles. The summed E-state index contributed by atoms with van der Waals surface area (Å²) in [5.74, 6) is -1.43. The zero-order chi connectivity index (χ0) is 17.6. The molecule has 10 heteroatoms. The number of hydrogen-bond acceptors (Lipinski definition) is 7. The molecule has 0 spiro atoms. The number of aryl methyl sites for hydroxylation is 2. The van der Waals surface area contributed by atoms with Gasteiger partial charge in [0.15, 0.2) is 20.3 Å². The largest absolute Gasteiger partial charge is 0.476 e. The Morgan fingerprint density at radius 1 is 1.04 bits per heavy atom. The molecule has 2 heterocycles. The van der Waals surface area contributed by atoms with Crippen LogP contribution in [0.4, 0.5) is 0 Å². The second-order valence-corrected chi connectivity index (χ2v) is 7.31. The quantitative estimate of drug-likeness (QED) is 0.778. The predicted octanol–water partition coefficient (Wildman–Crippen LogP) is 4.20. The van der Waals surface area contributed by atoms with E-state index in [0.29, 0.717) is 21.0 Å². The fourth-order valence-corrected chi connectivity index (χ4v) is 3.70. The van der Waals surface area contributed by atoms with Crippen LogP contribution in [0.5, 0.6) is 0 Å². The molecule has 0 saturated heterocycles. The third-order valence-electron chi connectivity index (χ3n) is 2.57. The Balaban J connectivity index is 0.000000231. The molecule has 0 atom stereocenters. The van der Waals surface area contributed by atoms with E-state index in [1.54, 1.807) is 0 Å². The van der Waals surface area contributed by atoms with Crippen molar-refractivity contribution >= 4 is 57.8 Å². The van der Waals surface area contributed by atoms with E-state index in [4.69, 9.17) is 28.3 Å². The van der Waals surface area contributed by atoms with Crippen molar-refractivity contribution in [3.63, 3.8) is 0 Å². The molecule has 0 saturated carbocycles. The molecule has 2 aromatic heterocycles. The second-order valence-electron chi connectivity index (χ2n) is 3.98. The first-order valence-corrected chi connectivity index (χ1v) is 8.84. The topological polar surface area (TPSA) is 89.4 Å². The van der Waals surface area contributed by atoms with Crippen LogP contribution in [-0.2, 0) is 17.6 Å². The lowest BCUT2D eigenvalue weighted by atomic mass is 10.3. The van der Waals surface area contributed by atoms with Gasteiger partial charge in [0.2, 0.25) is 0 Å². The summed E-state index contributed by atoms with van der Waals surface area (Å²) < 4.78 is 5.21. The Morgan fingerprint density at radius 2 is 1.48 bits per heavy atom. The molecule has 0 unspecified atom stereocenters. The van der Waals surface area contributed by atoms with Crippen molar-refractivity contribution in [3.8, 4) is 0 Å². The number of rotatable bonds is 4. The van der Waals surface area contributed by atoms with E-state index in [-0.39, 0.29) is 5.69 Å². The lowest BCUT2D eigenvalue weighted by Gasteiger charge is -1.95. The van der Waals surface area contributed by atoms with Crippen LogP contribution in [0.2, 0.25) is 8.93 Å². The molecule has 0 bridgehead atoms. The number of halogens is 2. The molecule has 0 aliphatic rings. The standard InChI is InChI=1S/C7H8ClNO2S.C6H6ClNO2S/c1-3-4-5(6(10)11-2)9-7(8)12-4;1-2-3-4(5(9)10)8-6(7)11-3/h3H2,1-2H3;2H2,1H3,(H,9,10). The molecule has 6 nitrogen and oxygen atoms in total. The number of methoxy groups -OCH3 is 1. The summed E-state index contributed by atoms with van der Waals surface area (Å²) in [5, 5.41) is 8.60. The van der Waals surface area contributed by atoms with Crippen molar-refractivity contribution in [1.29, 1.82) is 0 Å². The number of ether oxygens (including phenoxy) is 1. The van der Waals surface area contributed by atoms with Crippen LogP contribution < -0.4 is 0 Å². The summed E-state index contributed by atoms with van der Waals surface area (Å²) in [6.07, 6.45) is 1.40. The van der Waals surface area contributed by atoms with Gasteiger partial charge in [-0.3, -0.25) is 0 Å². The first-order valence-electron chi connectivity index (χ1n) is 6.45. The number of hydrogen-bond donors (Lipinski definition) is 1. The van der Waals surface area contributed by atoms with Crippen molar-refractivity contribution in [2.24, 2.45) is 0 Å². The van der Waals surface area contributed by atoms with Crippen molar-refractivity contribution in [3.05, 3.63) is 30.1 Å². The average Bonchev–Trinajstić information content (AvgIpc) is 3.09. The smallest absolute Gasteiger partial charge is 0.357 e. The van der Waals surface area contributed by atoms with E-state index in [1.807, 2.05) is 13.8 Å². The lowest BCUT2D eigenvalue weighted by Crippen LogP contribution is -2.04. The average molecular weight is 397 g/mol. The summed E-state index contributed by atoms with van der Waals surface area (Å²) in [6, 6.07) is 0. The third kappa shape index (κ3) is 5.42. The number of carboxylic acid groups (broad SMARTS) is 1. The minimum absolute atomic E-state index is 0.0856. The van der Waals surface area contributed by atoms with Crippen molar-refractivity contribution < 1.29 is 19.4 Å². The molecule has 23 heavy (non-hydrogen) atoms. The summed E-state index contributed by atoms with van der Waals surface area (Å²) in [6.45, 7) is 3.81. The minimum Gasteiger partial charge on any atom is -0.476 e. The first-order chi connectivity index (χ1) is 10.8. The zero-order valence-corrected chi connectivity index (χ0v) is 15.7. The molecule has 0 radical (unpaired) electrons. The van der Waals surface area contributed by atoms with Crippen LogP contribution in [0.1, 0.15) is 44.6 Å². The molecule has 2 aromatic rings. The Bertz CT molecular complexity index is 700. The molecule has 0 aliphatic carbocycles. The lowest BCUT2D eigenvalue weighted by molar-refractivity contribution is 0.0593. The van der Waals surface area contributed by atoms with Crippen LogP contribution in [0.15, 0.2) is 0 Å². The number of carboxylic acids is 1. The van der Waals surface area contributed by atoms with Gasteiger partial charge in [0.1, 0.15) is 0 Å². The van der Waals surface area contributed by atoms with Crippen LogP contribution in [0.3, 0.4) is 0 Å². The number of carbonyl (C=O) groups is 2. The number of nitrogens with zero attached hydrogens (tertiary/aromatic N) is 2. The van der Waals surface area contributed by atoms with Crippen LogP contribution in [0.25, 0.3) is 0 Å². The number of carbonyl (C=O) groups excluding carboxylic acids is 1. The maximum Gasteiger partial charge on any atom is 0.357 e. The number of esters is 1. The molecular formula is C13H14Cl2N2O4S2. The van der Waals surface area contributed by atoms with Gasteiger partial charge in [-0.05, 0) is 12.8 Å². The Morgan fingerprint density at radius 3 is 1.83 bits per heavy atom. The van der Waals surface area contributed by atoms with Crippen molar-refractivity contribution in [1.82, 2.24) is 9.97 Å². The fourth-order valence-electron chi connectivity index (χ4n) is 1.55. The van der Waals surface area contributed by atoms with Gasteiger partial charge < -0.3 is 9.84 Å². The fraction of sp³-hybridized carbons (Fsp3) is 0.385. The Kier molecular flexibility index (Phi) is 7.90. The summed E-state index contributed by atoms with van der Waals surface area (Å²) in [4.78, 5) is 30.7. The highest BCUT2D eigenvalue weighted by molar-refractivity contribution is 7.16. The molecule has 0 amide bonds. The normalized spacial score (nSPS) is 9.96. The van der Waals surface area contributed by atoms with Crippen molar-refractivity contribution in [2.45, 2.75) is 26.7 Å². The van der Waals surface area contributed by atoms with E-state index in [9.17, 15) is 9.59 Å². The maximum atomic E-state index is 11.1. The highest BCUT2D eigenvalue weighted by Gasteiger charge is 2.16. The van der Waals surface area contributed by atoms with Gasteiger partial charge in [-0.2, -0.15) is 0 Å². The second kappa shape index (κ2) is 9.17. The third-order valence-corrected chi connectivity index (χ3v) is 5.17. The molecule has 0 fully saturated rings. The predicted molar refractivity (Wildman–Crippen MR) is 91.3 cm³/mol. The Labute approximate surface area is 151 Å². The van der Waals surface area contributed by atoms with Gasteiger partial charge in [0.25, 0.3) is 0 Å². The number of aromatic nitrogens is 2. The summed E-state index contributed by atoms with van der Waals surface area (Å²) in [7, 11) is 1.33. The highest BCUT2D eigenvalue weighted by Crippen LogP contribution is 2.24. The summed E-state index contributed by atoms with van der Waals surface area (Å²) in [5.41, 5.74) is 0.428. The molecule has 2 rings (SSSR count). The van der Waals surface area contributed by atoms with Gasteiger partial charge >= 0.3 is 11.9 Å². The SMILES string of the molecule is CCc1sc(Cl)nc1C(=O)O.CCc1sc(Cl)nc1C(=O)OC. The summed E-state index contributed by atoms with van der Waals surface area (Å²) >= 11 is 13.7. The maximum absolute atomic E-state index is 11.1. The molecule has 1 N–H and O–H groups in total. The van der Waals surface area contributed by atoms with Gasteiger partial charge in [0.05, 0.1) is 7.11 Å². The zero-order valence-electron chi connectivity index (χ0n) is 12.6. The Hall–Kier alpha value is -1.22. The molecular weight excluding hydrogens is 383 g/mol. The number of aromatic carboxylic acids is 1. The van der Waals surface area contributed by atoms with Gasteiger partial charge in [-0.25, -0.2) is 19.6 Å². The van der Waals surface area contributed by atoms with Gasteiger partial charge in [0, 0.05) is 9.75 Å². The minimum atomic E-state index is -1.01. The number of thiazole rings is 2. The van der Waals surface area contributed by atoms with Crippen molar-refractivity contribution in [2.75, 3.05) is 7.11 Å². The highest BCUT2D eigenvalue weighted by atomic mass is 35.5. The van der Waals surface area contributed by atoms with Gasteiger partial charge in [-0.15, -0.1) is 22.7 Å². The van der Waals surface area contributed by atoms with Gasteiger partial charge in [-0.1, -0.05) is 37.0 Å². The van der Waals surface area contributed by atoms with Crippen LogP contribution >= 0.6 is 45.9 Å². The molecule has 0 aromatic carbocycles.